The molecule has 1 aromatic carbocycles. The first-order valence-electron chi connectivity index (χ1n) is 4.58. The summed E-state index contributed by atoms with van der Waals surface area (Å²) in [7, 11) is 0. The van der Waals surface area contributed by atoms with E-state index in [1.807, 2.05) is 11.8 Å². The number of hydrogen-bond donors (Lipinski definition) is 0. The minimum atomic E-state index is 0.570. The summed E-state index contributed by atoms with van der Waals surface area (Å²) in [6.07, 6.45) is 0. The number of aryl methyl sites for hydroxylation is 1. The first-order chi connectivity index (χ1) is 6.72. The first-order valence-corrected chi connectivity index (χ1v) is 6.27. The van der Waals surface area contributed by atoms with Gasteiger partial charge in [0.2, 0.25) is 0 Å². The van der Waals surface area contributed by atoms with Gasteiger partial charge < -0.3 is 0 Å². The van der Waals surface area contributed by atoms with E-state index in [4.69, 9.17) is 11.6 Å². The van der Waals surface area contributed by atoms with E-state index in [0.717, 1.165) is 17.1 Å². The number of rotatable bonds is 5. The van der Waals surface area contributed by atoms with Crippen molar-refractivity contribution in [1.82, 2.24) is 0 Å². The number of alkyl halides is 1. The van der Waals surface area contributed by atoms with Crippen molar-refractivity contribution in [2.75, 3.05) is 11.6 Å². The lowest BCUT2D eigenvalue weighted by molar-refractivity contribution is 1.34. The topological polar surface area (TPSA) is 0 Å². The minimum Gasteiger partial charge on any atom is -0.153 e. The van der Waals surface area contributed by atoms with E-state index in [9.17, 15) is 0 Å². The van der Waals surface area contributed by atoms with E-state index < -0.39 is 0 Å². The first kappa shape index (κ1) is 11.7. The zero-order chi connectivity index (χ0) is 10.4. The Bertz CT molecular complexity index is 307. The van der Waals surface area contributed by atoms with E-state index in [-0.39, 0.29) is 0 Å². The summed E-state index contributed by atoms with van der Waals surface area (Å²) in [5, 5.41) is 0. The molecule has 0 nitrogen and oxygen atoms in total. The molecule has 0 fully saturated rings. The van der Waals surface area contributed by atoms with Crippen molar-refractivity contribution in [3.05, 3.63) is 47.5 Å². The van der Waals surface area contributed by atoms with Gasteiger partial charge in [0.25, 0.3) is 0 Å². The number of thioether (sulfide) groups is 1. The second-order valence-electron chi connectivity index (χ2n) is 3.37. The van der Waals surface area contributed by atoms with Gasteiger partial charge >= 0.3 is 0 Å². The van der Waals surface area contributed by atoms with Crippen LogP contribution in [0.25, 0.3) is 0 Å². The Morgan fingerprint density at radius 2 is 2.29 bits per heavy atom. The molecule has 1 rings (SSSR count). The van der Waals surface area contributed by atoms with E-state index in [0.29, 0.717) is 5.88 Å². The van der Waals surface area contributed by atoms with E-state index in [1.54, 1.807) is 0 Å². The zero-order valence-electron chi connectivity index (χ0n) is 8.42. The summed E-state index contributed by atoms with van der Waals surface area (Å²) in [5.41, 5.74) is 3.79. The summed E-state index contributed by atoms with van der Waals surface area (Å²) >= 11 is 7.51. The van der Waals surface area contributed by atoms with Crippen LogP contribution in [0.4, 0.5) is 0 Å². The molecule has 0 bridgehead atoms. The zero-order valence-corrected chi connectivity index (χ0v) is 10.00. The lowest BCUT2D eigenvalue weighted by atomic mass is 10.2. The third kappa shape index (κ3) is 4.21. The highest BCUT2D eigenvalue weighted by Gasteiger charge is 1.95. The molecule has 0 spiro atoms. The van der Waals surface area contributed by atoms with Gasteiger partial charge in [0, 0.05) is 17.4 Å². The Balaban J connectivity index is 2.35. The molecule has 2 heteroatoms. The summed E-state index contributed by atoms with van der Waals surface area (Å²) in [6, 6.07) is 8.59. The molecular formula is C12H15ClS. The molecule has 0 aliphatic carbocycles. The Hall–Kier alpha value is -0.400. The second-order valence-corrected chi connectivity index (χ2v) is 4.62. The Kier molecular flexibility index (Phi) is 5.13. The van der Waals surface area contributed by atoms with Crippen LogP contribution in [-0.2, 0) is 5.75 Å². The van der Waals surface area contributed by atoms with Crippen molar-refractivity contribution in [3.63, 3.8) is 0 Å². The fourth-order valence-corrected chi connectivity index (χ4v) is 2.27. The van der Waals surface area contributed by atoms with Crippen LogP contribution < -0.4 is 0 Å². The number of hydrogen-bond acceptors (Lipinski definition) is 1. The lowest BCUT2D eigenvalue weighted by Gasteiger charge is -2.03. The quantitative estimate of drug-likeness (QED) is 0.540. The smallest absolute Gasteiger partial charge is 0.0439 e. The number of benzene rings is 1. The molecule has 0 aromatic heterocycles. The molecule has 14 heavy (non-hydrogen) atoms. The molecule has 0 aliphatic heterocycles. The maximum absolute atomic E-state index is 5.65. The summed E-state index contributed by atoms with van der Waals surface area (Å²) in [6.45, 7) is 5.99. The van der Waals surface area contributed by atoms with Crippen LogP contribution in [0.5, 0.6) is 0 Å². The molecule has 0 unspecified atom stereocenters. The standard InChI is InChI=1S/C12H15ClS/c1-10-4-3-5-12(6-10)9-14-8-11(2)7-13/h3-6H,2,7-9H2,1H3. The van der Waals surface area contributed by atoms with Crippen LogP contribution in [0.15, 0.2) is 36.4 Å². The molecule has 0 heterocycles. The largest absolute Gasteiger partial charge is 0.153 e. The third-order valence-electron chi connectivity index (χ3n) is 1.85. The average Bonchev–Trinajstić information content (AvgIpc) is 2.17. The fraction of sp³-hybridized carbons (Fsp3) is 0.333. The van der Waals surface area contributed by atoms with Crippen LogP contribution in [0.2, 0.25) is 0 Å². The number of halogens is 1. The van der Waals surface area contributed by atoms with E-state index in [1.165, 1.54) is 11.1 Å². The third-order valence-corrected chi connectivity index (χ3v) is 3.37. The maximum atomic E-state index is 5.65. The van der Waals surface area contributed by atoms with E-state index in [2.05, 4.69) is 37.8 Å². The highest BCUT2D eigenvalue weighted by Crippen LogP contribution is 2.15. The van der Waals surface area contributed by atoms with Crippen LogP contribution in [0, 0.1) is 6.92 Å². The molecule has 76 valence electrons. The Morgan fingerprint density at radius 1 is 1.50 bits per heavy atom. The summed E-state index contributed by atoms with van der Waals surface area (Å²) in [4.78, 5) is 0. The van der Waals surface area contributed by atoms with Gasteiger partial charge in [-0.2, -0.15) is 11.8 Å². The van der Waals surface area contributed by atoms with Crippen LogP contribution in [-0.4, -0.2) is 11.6 Å². The highest BCUT2D eigenvalue weighted by molar-refractivity contribution is 7.98. The van der Waals surface area contributed by atoms with Gasteiger partial charge in [0.05, 0.1) is 0 Å². The normalized spacial score (nSPS) is 10.1. The molecule has 0 N–H and O–H groups in total. The van der Waals surface area contributed by atoms with Crippen molar-refractivity contribution in [3.8, 4) is 0 Å². The molecule has 1 aromatic rings. The van der Waals surface area contributed by atoms with Gasteiger partial charge in [0.1, 0.15) is 0 Å². The SMILES string of the molecule is C=C(CCl)CSCc1cccc(C)c1. The monoisotopic (exact) mass is 226 g/mol. The lowest BCUT2D eigenvalue weighted by Crippen LogP contribution is -1.88. The van der Waals surface area contributed by atoms with Crippen molar-refractivity contribution < 1.29 is 0 Å². The van der Waals surface area contributed by atoms with Gasteiger partial charge in [-0.3, -0.25) is 0 Å². The molecule has 0 amide bonds. The molecule has 0 aliphatic rings. The van der Waals surface area contributed by atoms with Crippen molar-refractivity contribution in [1.29, 1.82) is 0 Å². The second kappa shape index (κ2) is 6.15. The van der Waals surface area contributed by atoms with Crippen LogP contribution >= 0.6 is 23.4 Å². The van der Waals surface area contributed by atoms with Gasteiger partial charge in [-0.05, 0) is 12.5 Å². The van der Waals surface area contributed by atoms with Crippen LogP contribution in [0.1, 0.15) is 11.1 Å². The van der Waals surface area contributed by atoms with Gasteiger partial charge in [0.15, 0.2) is 0 Å². The van der Waals surface area contributed by atoms with Gasteiger partial charge in [-0.1, -0.05) is 42.0 Å². The van der Waals surface area contributed by atoms with Gasteiger partial charge in [-0.25, -0.2) is 0 Å². The van der Waals surface area contributed by atoms with Gasteiger partial charge in [-0.15, -0.1) is 11.6 Å². The summed E-state index contributed by atoms with van der Waals surface area (Å²) < 4.78 is 0. The predicted molar refractivity (Wildman–Crippen MR) is 67.2 cm³/mol. The molecule has 0 saturated carbocycles. The maximum Gasteiger partial charge on any atom is 0.0439 e. The molecule has 0 saturated heterocycles. The Morgan fingerprint density at radius 3 is 2.93 bits per heavy atom. The molecular weight excluding hydrogens is 212 g/mol. The van der Waals surface area contributed by atoms with Crippen molar-refractivity contribution in [2.24, 2.45) is 0 Å². The Labute approximate surface area is 95.4 Å². The van der Waals surface area contributed by atoms with E-state index >= 15 is 0 Å². The summed E-state index contributed by atoms with van der Waals surface area (Å²) in [5.74, 6) is 2.57. The van der Waals surface area contributed by atoms with Crippen LogP contribution in [0.3, 0.4) is 0 Å². The average molecular weight is 227 g/mol. The predicted octanol–water partition coefficient (Wildman–Crippen LogP) is 4.02. The molecule has 0 radical (unpaired) electrons. The highest BCUT2D eigenvalue weighted by atomic mass is 35.5. The fourth-order valence-electron chi connectivity index (χ4n) is 1.15. The van der Waals surface area contributed by atoms with Crippen molar-refractivity contribution in [2.45, 2.75) is 12.7 Å². The van der Waals surface area contributed by atoms with Crippen molar-refractivity contribution >= 4 is 23.4 Å². The molecule has 0 atom stereocenters. The minimum absolute atomic E-state index is 0.570.